The third-order valence-corrected chi connectivity index (χ3v) is 6.60. The highest BCUT2D eigenvalue weighted by molar-refractivity contribution is 5.97. The second-order valence-electron chi connectivity index (χ2n) is 10.5. The second kappa shape index (κ2) is 11.6. The van der Waals surface area contributed by atoms with Crippen molar-refractivity contribution in [1.82, 2.24) is 20.3 Å². The fourth-order valence-electron chi connectivity index (χ4n) is 4.66. The Kier molecular flexibility index (Phi) is 8.33. The van der Waals surface area contributed by atoms with E-state index in [1.165, 1.54) is 0 Å². The Morgan fingerprint density at radius 2 is 2.00 bits per heavy atom. The monoisotopic (exact) mass is 503 g/mol. The molecule has 2 heterocycles. The standard InChI is InChI=1S/C28H37N7O2/c1-18-12-13-20-19(15-18)25(35-26(33-20)27(36)31-16-28(2,3)17-37-4)34-22-10-6-5-9-21(22)32-24(29)23-11-7-8-14-30-23/h7-8,11-15,21-22H,5-6,9-10,16-17H2,1-4H3,(H2,29,32)(H,31,36)(H,33,34,35)/t21-,22+/m1/s1. The van der Waals surface area contributed by atoms with Crippen molar-refractivity contribution in [2.75, 3.05) is 25.6 Å². The van der Waals surface area contributed by atoms with Gasteiger partial charge in [-0.15, -0.1) is 0 Å². The highest BCUT2D eigenvalue weighted by Crippen LogP contribution is 2.28. The van der Waals surface area contributed by atoms with Crippen LogP contribution in [0.15, 0.2) is 47.6 Å². The number of hydrogen-bond acceptors (Lipinski definition) is 7. The van der Waals surface area contributed by atoms with Crippen LogP contribution < -0.4 is 16.4 Å². The highest BCUT2D eigenvalue weighted by Gasteiger charge is 2.27. The van der Waals surface area contributed by atoms with Crippen molar-refractivity contribution in [1.29, 1.82) is 0 Å². The molecule has 1 aliphatic rings. The molecule has 9 nitrogen and oxygen atoms in total. The number of carbonyl (C=O) groups excluding carboxylic acids is 1. The first-order valence-electron chi connectivity index (χ1n) is 12.8. The van der Waals surface area contributed by atoms with Gasteiger partial charge in [0, 0.05) is 36.7 Å². The number of aromatic nitrogens is 3. The number of nitrogens with two attached hydrogens (primary N) is 1. The van der Waals surface area contributed by atoms with E-state index in [1.807, 2.05) is 57.2 Å². The van der Waals surface area contributed by atoms with Crippen molar-refractivity contribution in [2.45, 2.75) is 58.5 Å². The van der Waals surface area contributed by atoms with Gasteiger partial charge in [-0.1, -0.05) is 44.4 Å². The summed E-state index contributed by atoms with van der Waals surface area (Å²) < 4.78 is 5.27. The summed E-state index contributed by atoms with van der Waals surface area (Å²) in [6.07, 6.45) is 5.71. The number of aliphatic imine (C=N–C) groups is 1. The van der Waals surface area contributed by atoms with E-state index >= 15 is 0 Å². The molecule has 1 aromatic carbocycles. The molecule has 0 spiro atoms. The number of ether oxygens (including phenoxy) is 1. The first kappa shape index (κ1) is 26.5. The molecule has 196 valence electrons. The topological polar surface area (TPSA) is 127 Å². The Bertz CT molecular complexity index is 1260. The molecule has 0 saturated heterocycles. The number of carbonyl (C=O) groups is 1. The maximum atomic E-state index is 13.1. The van der Waals surface area contributed by atoms with Gasteiger partial charge in [0.05, 0.1) is 18.2 Å². The minimum absolute atomic E-state index is 0.0196. The van der Waals surface area contributed by atoms with Crippen LogP contribution in [0.25, 0.3) is 10.9 Å². The highest BCUT2D eigenvalue weighted by atomic mass is 16.5. The zero-order valence-electron chi connectivity index (χ0n) is 22.1. The smallest absolute Gasteiger partial charge is 0.289 e. The van der Waals surface area contributed by atoms with Crippen LogP contribution in [0.3, 0.4) is 0 Å². The predicted molar refractivity (Wildman–Crippen MR) is 147 cm³/mol. The molecule has 2 atom stereocenters. The number of pyridine rings is 1. The summed E-state index contributed by atoms with van der Waals surface area (Å²) in [6.45, 7) is 7.08. The summed E-state index contributed by atoms with van der Waals surface area (Å²) in [5.74, 6) is 0.892. The van der Waals surface area contributed by atoms with E-state index in [0.29, 0.717) is 36.0 Å². The molecule has 0 bridgehead atoms. The lowest BCUT2D eigenvalue weighted by Crippen LogP contribution is -2.38. The number of benzene rings is 1. The third kappa shape index (κ3) is 6.80. The van der Waals surface area contributed by atoms with Gasteiger partial charge in [-0.3, -0.25) is 14.8 Å². The molecule has 1 aliphatic carbocycles. The van der Waals surface area contributed by atoms with E-state index in [-0.39, 0.29) is 29.2 Å². The molecular formula is C28H37N7O2. The number of amidine groups is 1. The van der Waals surface area contributed by atoms with Gasteiger partial charge < -0.3 is 21.1 Å². The quantitative estimate of drug-likeness (QED) is 0.299. The number of methoxy groups -OCH3 is 1. The van der Waals surface area contributed by atoms with Crippen LogP contribution in [0.5, 0.6) is 0 Å². The Balaban J connectivity index is 1.62. The Morgan fingerprint density at radius 3 is 2.76 bits per heavy atom. The van der Waals surface area contributed by atoms with Crippen molar-refractivity contribution in [3.05, 3.63) is 59.7 Å². The molecule has 0 radical (unpaired) electrons. The lowest BCUT2D eigenvalue weighted by atomic mass is 9.90. The van der Waals surface area contributed by atoms with E-state index in [0.717, 1.165) is 36.6 Å². The average Bonchev–Trinajstić information content (AvgIpc) is 2.89. The van der Waals surface area contributed by atoms with Crippen molar-refractivity contribution in [3.63, 3.8) is 0 Å². The lowest BCUT2D eigenvalue weighted by molar-refractivity contribution is 0.0839. The van der Waals surface area contributed by atoms with Crippen LogP contribution in [0.1, 0.15) is 61.4 Å². The van der Waals surface area contributed by atoms with Gasteiger partial charge in [0.25, 0.3) is 5.91 Å². The van der Waals surface area contributed by atoms with Crippen LogP contribution in [-0.2, 0) is 4.74 Å². The fourth-order valence-corrected chi connectivity index (χ4v) is 4.66. The summed E-state index contributed by atoms with van der Waals surface area (Å²) in [5, 5.41) is 7.46. The molecule has 0 aliphatic heterocycles. The molecule has 1 saturated carbocycles. The van der Waals surface area contributed by atoms with Crippen LogP contribution >= 0.6 is 0 Å². The largest absolute Gasteiger partial charge is 0.384 e. The SMILES string of the molecule is COCC(C)(C)CNC(=O)c1nc(N[C@H]2CCCC[C@H]2N=C(N)c2ccccn2)c2cc(C)ccc2n1. The number of rotatable bonds is 9. The summed E-state index contributed by atoms with van der Waals surface area (Å²) in [7, 11) is 1.66. The molecule has 37 heavy (non-hydrogen) atoms. The van der Waals surface area contributed by atoms with Crippen molar-refractivity contribution < 1.29 is 9.53 Å². The summed E-state index contributed by atoms with van der Waals surface area (Å²) >= 11 is 0. The Labute approximate surface area is 218 Å². The number of aryl methyl sites for hydroxylation is 1. The predicted octanol–water partition coefficient (Wildman–Crippen LogP) is 3.86. The zero-order valence-corrected chi connectivity index (χ0v) is 22.1. The molecule has 0 unspecified atom stereocenters. The second-order valence-corrected chi connectivity index (χ2v) is 10.5. The van der Waals surface area contributed by atoms with E-state index in [4.69, 9.17) is 20.4 Å². The molecule has 9 heteroatoms. The van der Waals surface area contributed by atoms with Gasteiger partial charge in [-0.05, 0) is 44.0 Å². The molecule has 4 N–H and O–H groups in total. The van der Waals surface area contributed by atoms with E-state index < -0.39 is 0 Å². The first-order chi connectivity index (χ1) is 17.8. The van der Waals surface area contributed by atoms with Crippen LogP contribution in [0, 0.1) is 12.3 Å². The van der Waals surface area contributed by atoms with Crippen molar-refractivity contribution in [2.24, 2.45) is 16.1 Å². The minimum atomic E-state index is -0.313. The molecular weight excluding hydrogens is 466 g/mol. The van der Waals surface area contributed by atoms with Gasteiger partial charge in [-0.2, -0.15) is 0 Å². The molecule has 3 aromatic rings. The first-order valence-corrected chi connectivity index (χ1v) is 12.8. The molecule has 1 amide bonds. The summed E-state index contributed by atoms with van der Waals surface area (Å²) in [6, 6.07) is 11.6. The minimum Gasteiger partial charge on any atom is -0.384 e. The van der Waals surface area contributed by atoms with E-state index in [2.05, 4.69) is 20.6 Å². The van der Waals surface area contributed by atoms with Crippen LogP contribution in [0.4, 0.5) is 5.82 Å². The van der Waals surface area contributed by atoms with Gasteiger partial charge in [0.1, 0.15) is 17.3 Å². The molecule has 1 fully saturated rings. The molecule has 2 aromatic heterocycles. The van der Waals surface area contributed by atoms with Gasteiger partial charge in [0.2, 0.25) is 5.82 Å². The lowest BCUT2D eigenvalue weighted by Gasteiger charge is -2.30. The van der Waals surface area contributed by atoms with Crippen molar-refractivity contribution >= 4 is 28.5 Å². The number of fused-ring (bicyclic) bond motifs is 1. The molecule has 4 rings (SSSR count). The maximum Gasteiger partial charge on any atom is 0.289 e. The number of anilines is 1. The average molecular weight is 504 g/mol. The Hall–Kier alpha value is -3.59. The van der Waals surface area contributed by atoms with Crippen LogP contribution in [0.2, 0.25) is 0 Å². The van der Waals surface area contributed by atoms with E-state index in [9.17, 15) is 4.79 Å². The van der Waals surface area contributed by atoms with Crippen LogP contribution in [-0.4, -0.2) is 59.0 Å². The fraction of sp³-hybridized carbons (Fsp3) is 0.464. The van der Waals surface area contributed by atoms with E-state index in [1.54, 1.807) is 13.3 Å². The number of hydrogen-bond donors (Lipinski definition) is 3. The number of nitrogens with one attached hydrogen (secondary N) is 2. The normalized spacial score (nSPS) is 18.5. The summed E-state index contributed by atoms with van der Waals surface area (Å²) in [4.78, 5) is 31.5. The zero-order chi connectivity index (χ0) is 26.4. The van der Waals surface area contributed by atoms with Gasteiger partial charge >= 0.3 is 0 Å². The third-order valence-electron chi connectivity index (χ3n) is 6.60. The van der Waals surface area contributed by atoms with Crippen molar-refractivity contribution in [3.8, 4) is 0 Å². The number of amides is 1. The summed E-state index contributed by atoms with van der Waals surface area (Å²) in [5.41, 5.74) is 8.59. The number of nitrogens with zero attached hydrogens (tertiary/aromatic N) is 4. The van der Waals surface area contributed by atoms with Gasteiger partial charge in [0.15, 0.2) is 0 Å². The van der Waals surface area contributed by atoms with Gasteiger partial charge in [-0.25, -0.2) is 9.97 Å². The Morgan fingerprint density at radius 1 is 1.19 bits per heavy atom. The maximum absolute atomic E-state index is 13.1.